The van der Waals surface area contributed by atoms with Crippen molar-refractivity contribution in [3.8, 4) is 5.69 Å². The lowest BCUT2D eigenvalue weighted by molar-refractivity contribution is -0.137. The number of alkyl halides is 3. The first-order chi connectivity index (χ1) is 13.8. The Morgan fingerprint density at radius 3 is 2.48 bits per heavy atom. The van der Waals surface area contributed by atoms with Crippen molar-refractivity contribution in [3.05, 3.63) is 93.9 Å². The maximum absolute atomic E-state index is 13.1. The third-order valence-electron chi connectivity index (χ3n) is 4.35. The van der Waals surface area contributed by atoms with Crippen molar-refractivity contribution in [2.75, 3.05) is 5.32 Å². The van der Waals surface area contributed by atoms with Gasteiger partial charge in [0.1, 0.15) is 5.65 Å². The number of hydrogen-bond donors (Lipinski definition) is 1. The van der Waals surface area contributed by atoms with Crippen LogP contribution in [-0.2, 0) is 6.18 Å². The van der Waals surface area contributed by atoms with E-state index in [1.54, 1.807) is 36.4 Å². The molecule has 0 saturated carbocycles. The van der Waals surface area contributed by atoms with Crippen LogP contribution in [0.15, 0.2) is 77.7 Å². The van der Waals surface area contributed by atoms with E-state index in [4.69, 9.17) is 11.6 Å². The van der Waals surface area contributed by atoms with Crippen molar-refractivity contribution >= 4 is 34.0 Å². The molecule has 146 valence electrons. The second-order valence-corrected chi connectivity index (χ2v) is 6.67. The van der Waals surface area contributed by atoms with E-state index in [2.05, 4.69) is 10.3 Å². The van der Waals surface area contributed by atoms with Crippen LogP contribution < -0.4 is 10.9 Å². The minimum absolute atomic E-state index is 0.0813. The van der Waals surface area contributed by atoms with Crippen LogP contribution in [0.4, 0.5) is 24.5 Å². The normalized spacial score (nSPS) is 11.6. The summed E-state index contributed by atoms with van der Waals surface area (Å²) < 4.78 is 40.5. The van der Waals surface area contributed by atoms with Crippen molar-refractivity contribution in [1.29, 1.82) is 0 Å². The van der Waals surface area contributed by atoms with E-state index in [9.17, 15) is 18.0 Å². The van der Waals surface area contributed by atoms with E-state index in [1.807, 2.05) is 0 Å². The predicted octanol–water partition coefficient (Wildman–Crippen LogP) is 5.80. The van der Waals surface area contributed by atoms with Gasteiger partial charge >= 0.3 is 6.18 Å². The average molecular weight is 416 g/mol. The zero-order valence-electron chi connectivity index (χ0n) is 14.7. The van der Waals surface area contributed by atoms with Gasteiger partial charge in [0.2, 0.25) is 0 Å². The Balaban J connectivity index is 1.92. The van der Waals surface area contributed by atoms with E-state index in [0.29, 0.717) is 21.8 Å². The fraction of sp³-hybridized carbons (Fsp3) is 0.0476. The van der Waals surface area contributed by atoms with Gasteiger partial charge in [-0.2, -0.15) is 13.2 Å². The van der Waals surface area contributed by atoms with Gasteiger partial charge in [0.05, 0.1) is 27.6 Å². The molecule has 0 aliphatic heterocycles. The number of nitrogens with zero attached hydrogens (tertiary/aromatic N) is 2. The molecule has 4 nitrogen and oxygen atoms in total. The van der Waals surface area contributed by atoms with Gasteiger partial charge in [0, 0.05) is 17.6 Å². The van der Waals surface area contributed by atoms with Crippen molar-refractivity contribution in [3.63, 3.8) is 0 Å². The molecular weight excluding hydrogens is 403 g/mol. The van der Waals surface area contributed by atoms with Gasteiger partial charge in [-0.25, -0.2) is 4.98 Å². The Morgan fingerprint density at radius 1 is 0.931 bits per heavy atom. The predicted molar refractivity (Wildman–Crippen MR) is 107 cm³/mol. The molecule has 0 spiro atoms. The first-order valence-electron chi connectivity index (χ1n) is 8.54. The molecule has 2 aromatic carbocycles. The number of hydrogen-bond acceptors (Lipinski definition) is 3. The molecular formula is C21H13ClF3N3O. The number of pyridine rings is 2. The van der Waals surface area contributed by atoms with Crippen molar-refractivity contribution in [2.24, 2.45) is 0 Å². The minimum Gasteiger partial charge on any atom is -0.354 e. The molecule has 4 aromatic rings. The summed E-state index contributed by atoms with van der Waals surface area (Å²) in [5.41, 5.74) is -0.00834. The lowest BCUT2D eigenvalue weighted by Crippen LogP contribution is -2.20. The first-order valence-corrected chi connectivity index (χ1v) is 8.92. The summed E-state index contributed by atoms with van der Waals surface area (Å²) in [6, 6.07) is 16.3. The smallest absolute Gasteiger partial charge is 0.354 e. The molecule has 0 atom stereocenters. The van der Waals surface area contributed by atoms with Gasteiger partial charge in [-0.15, -0.1) is 0 Å². The third-order valence-corrected chi connectivity index (χ3v) is 4.68. The molecule has 0 aliphatic rings. The molecule has 1 N–H and O–H groups in total. The molecule has 0 saturated heterocycles. The average Bonchev–Trinajstić information content (AvgIpc) is 2.69. The highest BCUT2D eigenvalue weighted by atomic mass is 35.5. The maximum Gasteiger partial charge on any atom is 0.416 e. The largest absolute Gasteiger partial charge is 0.416 e. The number of benzene rings is 2. The molecule has 29 heavy (non-hydrogen) atoms. The minimum atomic E-state index is -4.52. The standard InChI is InChI=1S/C21H13ClF3N3O/c22-16-8-1-2-9-17(16)27-18-12-19(29)28(20-15(18)7-4-10-26-20)14-6-3-5-13(11-14)21(23,24)25/h1-12,27H. The molecule has 0 fully saturated rings. The second kappa shape index (κ2) is 7.25. The van der Waals surface area contributed by atoms with Crippen LogP contribution in [0.3, 0.4) is 0 Å². The van der Waals surface area contributed by atoms with E-state index in [-0.39, 0.29) is 11.3 Å². The molecule has 0 unspecified atom stereocenters. The summed E-state index contributed by atoms with van der Waals surface area (Å²) in [7, 11) is 0. The monoisotopic (exact) mass is 415 g/mol. The summed E-state index contributed by atoms with van der Waals surface area (Å²) >= 11 is 6.18. The van der Waals surface area contributed by atoms with Crippen LogP contribution in [0.1, 0.15) is 5.56 Å². The van der Waals surface area contributed by atoms with E-state index in [0.717, 1.165) is 16.7 Å². The summed E-state index contributed by atoms with van der Waals surface area (Å²) in [5.74, 6) is 0. The number of rotatable bonds is 3. The molecule has 8 heteroatoms. The molecule has 0 radical (unpaired) electrons. The molecule has 0 bridgehead atoms. The van der Waals surface area contributed by atoms with Crippen LogP contribution >= 0.6 is 11.6 Å². The van der Waals surface area contributed by atoms with Crippen LogP contribution in [0.25, 0.3) is 16.7 Å². The van der Waals surface area contributed by atoms with E-state index >= 15 is 0 Å². The topological polar surface area (TPSA) is 46.9 Å². The Kier molecular flexibility index (Phi) is 4.76. The summed E-state index contributed by atoms with van der Waals surface area (Å²) in [6.07, 6.45) is -3.04. The quantitative estimate of drug-likeness (QED) is 0.460. The zero-order chi connectivity index (χ0) is 20.6. The Bertz CT molecular complexity index is 1270. The van der Waals surface area contributed by atoms with Gasteiger partial charge < -0.3 is 5.32 Å². The fourth-order valence-electron chi connectivity index (χ4n) is 3.04. The summed E-state index contributed by atoms with van der Waals surface area (Å²) in [5, 5.41) is 4.13. The van der Waals surface area contributed by atoms with Gasteiger partial charge in [-0.1, -0.05) is 29.8 Å². The molecule has 2 aromatic heterocycles. The number of anilines is 2. The number of aromatic nitrogens is 2. The zero-order valence-corrected chi connectivity index (χ0v) is 15.5. The highest BCUT2D eigenvalue weighted by Crippen LogP contribution is 2.32. The van der Waals surface area contributed by atoms with Crippen LogP contribution in [-0.4, -0.2) is 9.55 Å². The number of halogens is 4. The van der Waals surface area contributed by atoms with Crippen LogP contribution in [0.5, 0.6) is 0 Å². The van der Waals surface area contributed by atoms with Gasteiger partial charge in [-0.05, 0) is 42.5 Å². The van der Waals surface area contributed by atoms with E-state index in [1.165, 1.54) is 24.4 Å². The fourth-order valence-corrected chi connectivity index (χ4v) is 3.22. The lowest BCUT2D eigenvalue weighted by atomic mass is 10.1. The van der Waals surface area contributed by atoms with Gasteiger partial charge in [-0.3, -0.25) is 9.36 Å². The third kappa shape index (κ3) is 3.69. The maximum atomic E-state index is 13.1. The molecule has 4 rings (SSSR count). The molecule has 2 heterocycles. The highest BCUT2D eigenvalue weighted by molar-refractivity contribution is 6.33. The van der Waals surface area contributed by atoms with Crippen molar-refractivity contribution in [2.45, 2.75) is 6.18 Å². The lowest BCUT2D eigenvalue weighted by Gasteiger charge is -2.15. The Labute approximate surface area is 168 Å². The molecule has 0 aliphatic carbocycles. The SMILES string of the molecule is O=c1cc(Nc2ccccc2Cl)c2cccnc2n1-c1cccc(C(F)(F)F)c1. The van der Waals surface area contributed by atoms with Crippen LogP contribution in [0.2, 0.25) is 5.02 Å². The molecule has 0 amide bonds. The van der Waals surface area contributed by atoms with Crippen LogP contribution in [0, 0.1) is 0 Å². The van der Waals surface area contributed by atoms with Crippen molar-refractivity contribution < 1.29 is 13.2 Å². The summed E-state index contributed by atoms with van der Waals surface area (Å²) in [4.78, 5) is 17.1. The number of para-hydroxylation sites is 1. The number of nitrogens with one attached hydrogen (secondary N) is 1. The van der Waals surface area contributed by atoms with Crippen molar-refractivity contribution in [1.82, 2.24) is 9.55 Å². The van der Waals surface area contributed by atoms with Gasteiger partial charge in [0.15, 0.2) is 0 Å². The first kappa shape index (κ1) is 19.0. The van der Waals surface area contributed by atoms with Gasteiger partial charge in [0.25, 0.3) is 5.56 Å². The Morgan fingerprint density at radius 2 is 1.72 bits per heavy atom. The van der Waals surface area contributed by atoms with E-state index < -0.39 is 17.3 Å². The highest BCUT2D eigenvalue weighted by Gasteiger charge is 2.30. The summed E-state index contributed by atoms with van der Waals surface area (Å²) in [6.45, 7) is 0. The second-order valence-electron chi connectivity index (χ2n) is 6.26. The number of fused-ring (bicyclic) bond motifs is 1. The Hall–Kier alpha value is -3.32.